The van der Waals surface area contributed by atoms with Crippen LogP contribution in [0.5, 0.6) is 0 Å². The summed E-state index contributed by atoms with van der Waals surface area (Å²) in [5.41, 5.74) is 0.554. The Hall–Kier alpha value is 0.0649. The monoisotopic (exact) mass is 210 g/mol. The molecule has 0 aliphatic rings. The molecule has 0 radical (unpaired) electrons. The largest absolute Gasteiger partial charge is 0.109 e. The second-order valence-electron chi connectivity index (χ2n) is 6.68. The fourth-order valence-electron chi connectivity index (χ4n) is 2.26. The zero-order valence-electron chi connectivity index (χ0n) is 11.9. The molecule has 0 aliphatic heterocycles. The summed E-state index contributed by atoms with van der Waals surface area (Å²) in [5.74, 6) is 0. The van der Waals surface area contributed by atoms with E-state index in [1.165, 1.54) is 44.9 Å². The predicted octanol–water partition coefficient (Wildman–Crippen LogP) is 4.59. The Morgan fingerprint density at radius 3 is 1.87 bits per heavy atom. The van der Waals surface area contributed by atoms with Crippen LogP contribution in [-0.2, 0) is 0 Å². The Labute approximate surface area is 98.6 Å². The molecule has 0 bridgehead atoms. The molecule has 0 heterocycles. The fourth-order valence-corrected chi connectivity index (χ4v) is 2.26. The summed E-state index contributed by atoms with van der Waals surface area (Å²) < 4.78 is 0. The van der Waals surface area contributed by atoms with E-state index in [0.29, 0.717) is 10.7 Å². The van der Waals surface area contributed by atoms with Gasteiger partial charge in [-0.15, -0.1) is 0 Å². The first-order valence-corrected chi connectivity index (χ1v) is 6.83. The second-order valence-corrected chi connectivity index (χ2v) is 6.68. The Bertz CT molecular complexity index is 159. The molecule has 0 amide bonds. The van der Waals surface area contributed by atoms with E-state index in [-0.39, 0.29) is 0 Å². The van der Waals surface area contributed by atoms with Gasteiger partial charge in [0.2, 0.25) is 0 Å². The van der Waals surface area contributed by atoms with Crippen LogP contribution < -0.4 is 0 Å². The van der Waals surface area contributed by atoms with Gasteiger partial charge in [-0.1, -0.05) is 72.0 Å². The van der Waals surface area contributed by atoms with Crippen molar-refractivity contribution in [2.24, 2.45) is 5.41 Å². The van der Waals surface area contributed by atoms with Gasteiger partial charge in [-0.25, -0.2) is 0 Å². The summed E-state index contributed by atoms with van der Waals surface area (Å²) in [7, 11) is 2.44. The third-order valence-electron chi connectivity index (χ3n) is 3.61. The maximum Gasteiger partial charge on any atom is 0.109 e. The average Bonchev–Trinajstić information content (AvgIpc) is 2.12. The topological polar surface area (TPSA) is 0 Å². The van der Waals surface area contributed by atoms with Gasteiger partial charge in [0.1, 0.15) is 7.85 Å². The zero-order valence-corrected chi connectivity index (χ0v) is 11.9. The van der Waals surface area contributed by atoms with E-state index in [2.05, 4.69) is 42.5 Å². The smallest absolute Gasteiger partial charge is 0.0669 e. The van der Waals surface area contributed by atoms with Crippen molar-refractivity contribution in [2.45, 2.75) is 84.9 Å². The average molecular weight is 210 g/mol. The van der Waals surface area contributed by atoms with Gasteiger partial charge in [-0.05, 0) is 18.3 Å². The Morgan fingerprint density at radius 2 is 1.40 bits per heavy atom. The zero-order chi connectivity index (χ0) is 11.9. The maximum absolute atomic E-state index is 2.44. The summed E-state index contributed by atoms with van der Waals surface area (Å²) in [5, 5.41) is 0.557. The molecule has 0 aromatic heterocycles. The number of unbranched alkanes of at least 4 members (excludes halogenated alkanes) is 1. The van der Waals surface area contributed by atoms with E-state index in [1.54, 1.807) is 0 Å². The molecule has 0 saturated carbocycles. The van der Waals surface area contributed by atoms with E-state index < -0.39 is 0 Å². The molecule has 0 saturated heterocycles. The minimum atomic E-state index is 0.554. The first-order valence-electron chi connectivity index (χ1n) is 6.83. The van der Waals surface area contributed by atoms with Gasteiger partial charge in [0.15, 0.2) is 0 Å². The molecule has 0 nitrogen and oxygen atoms in total. The van der Waals surface area contributed by atoms with Crippen LogP contribution in [0.2, 0.25) is 5.31 Å². The molecule has 0 rings (SSSR count). The van der Waals surface area contributed by atoms with Gasteiger partial charge in [0.05, 0.1) is 0 Å². The first-order chi connectivity index (χ1) is 6.83. The minimum absolute atomic E-state index is 0.554. The highest BCUT2D eigenvalue weighted by atomic mass is 14.3. The highest BCUT2D eigenvalue weighted by Crippen LogP contribution is 2.39. The molecule has 1 unspecified atom stereocenters. The van der Waals surface area contributed by atoms with Crippen molar-refractivity contribution in [1.82, 2.24) is 0 Å². The Balaban J connectivity index is 3.90. The van der Waals surface area contributed by atoms with Crippen molar-refractivity contribution < 1.29 is 0 Å². The van der Waals surface area contributed by atoms with Crippen molar-refractivity contribution >= 4 is 7.85 Å². The summed E-state index contributed by atoms with van der Waals surface area (Å²) in [4.78, 5) is 0. The normalized spacial score (nSPS) is 16.3. The number of rotatable bonds is 8. The van der Waals surface area contributed by atoms with Gasteiger partial charge in [-0.2, -0.15) is 0 Å². The molecule has 0 fully saturated rings. The standard InChI is InChI=1S/C14H31B/c1-6-8-10-14(5,15)12-11-13(3,4)9-7-2/h6-12,15H2,1-5H3. The van der Waals surface area contributed by atoms with Crippen LogP contribution >= 0.6 is 0 Å². The molecular weight excluding hydrogens is 179 g/mol. The molecule has 1 atom stereocenters. The summed E-state index contributed by atoms with van der Waals surface area (Å²) >= 11 is 0. The molecule has 1 heteroatoms. The van der Waals surface area contributed by atoms with Crippen molar-refractivity contribution in [1.29, 1.82) is 0 Å². The van der Waals surface area contributed by atoms with Crippen LogP contribution in [0.15, 0.2) is 0 Å². The SMILES string of the molecule is BC(C)(CCCC)CCC(C)(C)CCC. The lowest BCUT2D eigenvalue weighted by Crippen LogP contribution is -2.16. The van der Waals surface area contributed by atoms with Crippen LogP contribution in [0, 0.1) is 5.41 Å². The Morgan fingerprint density at radius 1 is 0.800 bits per heavy atom. The molecule has 0 aromatic carbocycles. The maximum atomic E-state index is 2.44. The summed E-state index contributed by atoms with van der Waals surface area (Å²) in [6, 6.07) is 0. The van der Waals surface area contributed by atoms with Crippen molar-refractivity contribution in [3.63, 3.8) is 0 Å². The predicted molar refractivity (Wildman–Crippen MR) is 74.4 cm³/mol. The van der Waals surface area contributed by atoms with Crippen LogP contribution in [0.4, 0.5) is 0 Å². The molecular formula is C14H31B. The van der Waals surface area contributed by atoms with Gasteiger partial charge >= 0.3 is 0 Å². The summed E-state index contributed by atoms with van der Waals surface area (Å²) in [6.07, 6.45) is 9.59. The molecule has 0 aromatic rings. The Kier molecular flexibility index (Phi) is 6.63. The van der Waals surface area contributed by atoms with Crippen LogP contribution in [0.25, 0.3) is 0 Å². The highest BCUT2D eigenvalue weighted by Gasteiger charge is 2.23. The van der Waals surface area contributed by atoms with Crippen molar-refractivity contribution in [3.05, 3.63) is 0 Å². The lowest BCUT2D eigenvalue weighted by atomic mass is 9.62. The lowest BCUT2D eigenvalue weighted by Gasteiger charge is -2.31. The van der Waals surface area contributed by atoms with E-state index in [9.17, 15) is 0 Å². The fraction of sp³-hybridized carbons (Fsp3) is 1.00. The molecule has 15 heavy (non-hydrogen) atoms. The molecule has 0 aliphatic carbocycles. The second kappa shape index (κ2) is 6.61. The third-order valence-corrected chi connectivity index (χ3v) is 3.61. The van der Waals surface area contributed by atoms with Gasteiger partial charge in [-0.3, -0.25) is 0 Å². The first kappa shape index (κ1) is 15.1. The molecule has 0 spiro atoms. The van der Waals surface area contributed by atoms with Gasteiger partial charge < -0.3 is 0 Å². The van der Waals surface area contributed by atoms with E-state index in [4.69, 9.17) is 0 Å². The number of hydrogen-bond acceptors (Lipinski definition) is 0. The van der Waals surface area contributed by atoms with E-state index in [0.717, 1.165) is 0 Å². The van der Waals surface area contributed by atoms with Crippen molar-refractivity contribution in [3.8, 4) is 0 Å². The third kappa shape index (κ3) is 7.93. The van der Waals surface area contributed by atoms with Crippen molar-refractivity contribution in [2.75, 3.05) is 0 Å². The van der Waals surface area contributed by atoms with E-state index >= 15 is 0 Å². The number of hydrogen-bond donors (Lipinski definition) is 0. The highest BCUT2D eigenvalue weighted by molar-refractivity contribution is 6.14. The van der Waals surface area contributed by atoms with E-state index in [1.807, 2.05) is 0 Å². The van der Waals surface area contributed by atoms with Gasteiger partial charge in [0, 0.05) is 0 Å². The quantitative estimate of drug-likeness (QED) is 0.514. The minimum Gasteiger partial charge on any atom is -0.0669 e. The molecule has 90 valence electrons. The van der Waals surface area contributed by atoms with Crippen LogP contribution in [0.3, 0.4) is 0 Å². The lowest BCUT2D eigenvalue weighted by molar-refractivity contribution is 0.274. The molecule has 0 N–H and O–H groups in total. The summed E-state index contributed by atoms with van der Waals surface area (Å²) in [6.45, 7) is 11.9. The van der Waals surface area contributed by atoms with Gasteiger partial charge in [0.25, 0.3) is 0 Å². The van der Waals surface area contributed by atoms with Crippen LogP contribution in [0.1, 0.15) is 79.6 Å². The van der Waals surface area contributed by atoms with Crippen LogP contribution in [-0.4, -0.2) is 7.85 Å².